The Balaban J connectivity index is 1.60. The monoisotopic (exact) mass is 360 g/mol. The Labute approximate surface area is 164 Å². The van der Waals surface area contributed by atoms with Gasteiger partial charge in [0.15, 0.2) is 0 Å². The molecular formula is C25H32N2. The van der Waals surface area contributed by atoms with Crippen molar-refractivity contribution in [2.45, 2.75) is 58.9 Å². The summed E-state index contributed by atoms with van der Waals surface area (Å²) in [5.41, 5.74) is 5.64. The molecule has 0 amide bonds. The van der Waals surface area contributed by atoms with Crippen LogP contribution in [0, 0.1) is 16.7 Å². The van der Waals surface area contributed by atoms with Gasteiger partial charge in [-0.3, -0.25) is 4.90 Å². The van der Waals surface area contributed by atoms with E-state index in [4.69, 9.17) is 0 Å². The van der Waals surface area contributed by atoms with Crippen LogP contribution < -0.4 is 0 Å². The van der Waals surface area contributed by atoms with Crippen LogP contribution >= 0.6 is 0 Å². The van der Waals surface area contributed by atoms with Gasteiger partial charge in [-0.1, -0.05) is 68.8 Å². The SMILES string of the molecule is CCCC1(CC#N)CCN(Cc2ccc(-c3cccc(CC)c3)cc2)CC1. The summed E-state index contributed by atoms with van der Waals surface area (Å²) < 4.78 is 0. The minimum atomic E-state index is 0.272. The van der Waals surface area contributed by atoms with Crippen LogP contribution in [0.25, 0.3) is 11.1 Å². The van der Waals surface area contributed by atoms with Crippen molar-refractivity contribution >= 4 is 0 Å². The minimum Gasteiger partial charge on any atom is -0.299 e. The van der Waals surface area contributed by atoms with Gasteiger partial charge in [0.05, 0.1) is 6.07 Å². The zero-order valence-corrected chi connectivity index (χ0v) is 16.9. The Hall–Kier alpha value is -2.11. The topological polar surface area (TPSA) is 27.0 Å². The van der Waals surface area contributed by atoms with Crippen molar-refractivity contribution in [3.05, 3.63) is 59.7 Å². The average Bonchev–Trinajstić information content (AvgIpc) is 2.71. The van der Waals surface area contributed by atoms with Crippen molar-refractivity contribution in [3.63, 3.8) is 0 Å². The van der Waals surface area contributed by atoms with E-state index in [1.165, 1.54) is 35.1 Å². The molecule has 0 aromatic heterocycles. The van der Waals surface area contributed by atoms with Gasteiger partial charge in [0.25, 0.3) is 0 Å². The Morgan fingerprint density at radius 1 is 0.963 bits per heavy atom. The van der Waals surface area contributed by atoms with Crippen LogP contribution in [-0.2, 0) is 13.0 Å². The number of nitrogens with zero attached hydrogens (tertiary/aromatic N) is 2. The van der Waals surface area contributed by atoms with Crippen LogP contribution in [-0.4, -0.2) is 18.0 Å². The van der Waals surface area contributed by atoms with Gasteiger partial charge in [-0.2, -0.15) is 5.26 Å². The summed E-state index contributed by atoms with van der Waals surface area (Å²) in [7, 11) is 0. The molecule has 0 saturated carbocycles. The molecule has 27 heavy (non-hydrogen) atoms. The van der Waals surface area contributed by atoms with Crippen molar-refractivity contribution in [2.75, 3.05) is 13.1 Å². The summed E-state index contributed by atoms with van der Waals surface area (Å²) in [6.45, 7) is 7.68. The lowest BCUT2D eigenvalue weighted by Gasteiger charge is -2.40. The second-order valence-corrected chi connectivity index (χ2v) is 8.11. The molecule has 3 rings (SSSR count). The van der Waals surface area contributed by atoms with Gasteiger partial charge in [-0.15, -0.1) is 0 Å². The average molecular weight is 361 g/mol. The molecule has 1 aliphatic heterocycles. The third-order valence-electron chi connectivity index (χ3n) is 6.18. The number of piperidine rings is 1. The maximum atomic E-state index is 9.20. The van der Waals surface area contributed by atoms with Crippen LogP contribution in [0.1, 0.15) is 57.1 Å². The number of nitriles is 1. The van der Waals surface area contributed by atoms with Crippen molar-refractivity contribution < 1.29 is 0 Å². The third-order valence-corrected chi connectivity index (χ3v) is 6.18. The van der Waals surface area contributed by atoms with Gasteiger partial charge < -0.3 is 0 Å². The lowest BCUT2D eigenvalue weighted by molar-refractivity contribution is 0.0930. The molecule has 2 nitrogen and oxygen atoms in total. The van der Waals surface area contributed by atoms with Gasteiger partial charge in [-0.25, -0.2) is 0 Å². The molecule has 0 spiro atoms. The Kier molecular flexibility index (Phi) is 6.69. The second kappa shape index (κ2) is 9.20. The first-order chi connectivity index (χ1) is 13.2. The molecule has 0 atom stereocenters. The second-order valence-electron chi connectivity index (χ2n) is 8.11. The predicted octanol–water partition coefficient (Wildman–Crippen LogP) is 6.21. The van der Waals surface area contributed by atoms with Crippen LogP contribution in [0.3, 0.4) is 0 Å². The van der Waals surface area contributed by atoms with Crippen molar-refractivity contribution in [1.29, 1.82) is 5.26 Å². The maximum absolute atomic E-state index is 9.20. The molecule has 2 aromatic rings. The molecule has 0 aliphatic carbocycles. The van der Waals surface area contributed by atoms with E-state index >= 15 is 0 Å². The molecule has 1 heterocycles. The quantitative estimate of drug-likeness (QED) is 0.587. The molecule has 1 fully saturated rings. The van der Waals surface area contributed by atoms with E-state index in [-0.39, 0.29) is 5.41 Å². The summed E-state index contributed by atoms with van der Waals surface area (Å²) in [4.78, 5) is 2.55. The summed E-state index contributed by atoms with van der Waals surface area (Å²) >= 11 is 0. The van der Waals surface area contributed by atoms with E-state index < -0.39 is 0 Å². The van der Waals surface area contributed by atoms with Crippen LogP contribution in [0.4, 0.5) is 0 Å². The van der Waals surface area contributed by atoms with E-state index in [2.05, 4.69) is 73.3 Å². The maximum Gasteiger partial charge on any atom is 0.0627 e. The Morgan fingerprint density at radius 3 is 2.33 bits per heavy atom. The van der Waals surface area contributed by atoms with Crippen molar-refractivity contribution in [1.82, 2.24) is 4.90 Å². The van der Waals surface area contributed by atoms with Crippen molar-refractivity contribution in [3.8, 4) is 17.2 Å². The standard InChI is InChI=1S/C25H32N2/c1-3-12-25(13-16-26)14-17-27(18-15-25)20-22-8-10-23(11-9-22)24-7-5-6-21(4-2)19-24/h5-11,19H,3-4,12-15,17-18,20H2,1-2H3. The van der Waals surface area contributed by atoms with Gasteiger partial charge >= 0.3 is 0 Å². The minimum absolute atomic E-state index is 0.272. The zero-order chi connectivity index (χ0) is 19.1. The van der Waals surface area contributed by atoms with E-state index in [0.717, 1.165) is 45.3 Å². The highest BCUT2D eigenvalue weighted by atomic mass is 15.1. The van der Waals surface area contributed by atoms with E-state index in [0.29, 0.717) is 0 Å². The molecular weight excluding hydrogens is 328 g/mol. The number of hydrogen-bond acceptors (Lipinski definition) is 2. The number of likely N-dealkylation sites (tertiary alicyclic amines) is 1. The number of benzene rings is 2. The van der Waals surface area contributed by atoms with Crippen LogP contribution in [0.15, 0.2) is 48.5 Å². The summed E-state index contributed by atoms with van der Waals surface area (Å²) in [5.74, 6) is 0. The fourth-order valence-electron chi connectivity index (χ4n) is 4.43. The highest BCUT2D eigenvalue weighted by Crippen LogP contribution is 2.39. The molecule has 0 unspecified atom stereocenters. The molecule has 2 aromatic carbocycles. The zero-order valence-electron chi connectivity index (χ0n) is 16.9. The first-order valence-electron chi connectivity index (χ1n) is 10.5. The predicted molar refractivity (Wildman–Crippen MR) is 113 cm³/mol. The lowest BCUT2D eigenvalue weighted by Crippen LogP contribution is -2.39. The van der Waals surface area contributed by atoms with E-state index in [1.807, 2.05) is 0 Å². The Morgan fingerprint density at radius 2 is 1.70 bits per heavy atom. The van der Waals surface area contributed by atoms with Gasteiger partial charge in [0, 0.05) is 13.0 Å². The first-order valence-corrected chi connectivity index (χ1v) is 10.5. The Bertz CT molecular complexity index is 762. The fraction of sp³-hybridized carbons (Fsp3) is 0.480. The van der Waals surface area contributed by atoms with Crippen LogP contribution in [0.2, 0.25) is 0 Å². The highest BCUT2D eigenvalue weighted by molar-refractivity contribution is 5.64. The number of aryl methyl sites for hydroxylation is 1. The number of hydrogen-bond donors (Lipinski definition) is 0. The third kappa shape index (κ3) is 4.99. The number of rotatable bonds is 7. The van der Waals surface area contributed by atoms with E-state index in [9.17, 15) is 5.26 Å². The molecule has 0 bridgehead atoms. The van der Waals surface area contributed by atoms with Crippen LogP contribution in [0.5, 0.6) is 0 Å². The van der Waals surface area contributed by atoms with E-state index in [1.54, 1.807) is 0 Å². The molecule has 1 saturated heterocycles. The molecule has 0 N–H and O–H groups in total. The summed E-state index contributed by atoms with van der Waals surface area (Å²) in [6.07, 6.45) is 6.50. The van der Waals surface area contributed by atoms with Gasteiger partial charge in [0.1, 0.15) is 0 Å². The van der Waals surface area contributed by atoms with Gasteiger partial charge in [-0.05, 0) is 66.4 Å². The fourth-order valence-corrected chi connectivity index (χ4v) is 4.43. The molecule has 0 radical (unpaired) electrons. The first kappa shape index (κ1) is 19.6. The normalized spacial score (nSPS) is 16.8. The lowest BCUT2D eigenvalue weighted by atomic mass is 9.73. The summed E-state index contributed by atoms with van der Waals surface area (Å²) in [6, 6.07) is 20.3. The summed E-state index contributed by atoms with van der Waals surface area (Å²) in [5, 5.41) is 9.20. The highest BCUT2D eigenvalue weighted by Gasteiger charge is 2.33. The van der Waals surface area contributed by atoms with Crippen molar-refractivity contribution in [2.24, 2.45) is 5.41 Å². The molecule has 2 heteroatoms. The smallest absolute Gasteiger partial charge is 0.0627 e. The largest absolute Gasteiger partial charge is 0.299 e. The molecule has 142 valence electrons. The molecule has 1 aliphatic rings. The van der Waals surface area contributed by atoms with Gasteiger partial charge in [0.2, 0.25) is 0 Å².